The molecule has 0 amide bonds. The van der Waals surface area contributed by atoms with E-state index >= 15 is 0 Å². The molecule has 2 aromatic rings. The molecule has 1 atom stereocenters. The first kappa shape index (κ1) is 14.6. The summed E-state index contributed by atoms with van der Waals surface area (Å²) < 4.78 is 31.9. The van der Waals surface area contributed by atoms with Crippen LogP contribution in [-0.2, 0) is 6.42 Å². The predicted octanol–water partition coefficient (Wildman–Crippen LogP) is 2.69. The Balaban J connectivity index is 2.23. The Hall–Kier alpha value is -1.79. The van der Waals surface area contributed by atoms with E-state index in [1.165, 1.54) is 19.5 Å². The number of hydrogen-bond donors (Lipinski definition) is 1. The molecule has 0 aliphatic heterocycles. The van der Waals surface area contributed by atoms with Crippen LogP contribution >= 0.6 is 11.6 Å². The number of benzene rings is 1. The number of ether oxygens (including phenoxy) is 1. The molecule has 0 saturated carbocycles. The maximum Gasteiger partial charge on any atom is 0.216 e. The van der Waals surface area contributed by atoms with Crippen LogP contribution in [0.15, 0.2) is 24.5 Å². The van der Waals surface area contributed by atoms with Crippen molar-refractivity contribution in [1.82, 2.24) is 9.97 Å². The van der Waals surface area contributed by atoms with Gasteiger partial charge in [0.1, 0.15) is 18.0 Å². The topological polar surface area (TPSA) is 55.2 Å². The van der Waals surface area contributed by atoms with Crippen molar-refractivity contribution in [2.75, 3.05) is 7.11 Å². The summed E-state index contributed by atoms with van der Waals surface area (Å²) in [4.78, 5) is 7.74. The minimum Gasteiger partial charge on any atom is -0.481 e. The van der Waals surface area contributed by atoms with Crippen LogP contribution in [0.1, 0.15) is 17.4 Å². The Morgan fingerprint density at radius 1 is 1.25 bits per heavy atom. The predicted molar refractivity (Wildman–Crippen MR) is 68.6 cm³/mol. The van der Waals surface area contributed by atoms with E-state index < -0.39 is 17.7 Å². The Labute approximate surface area is 119 Å². The molecule has 0 spiro atoms. The summed E-state index contributed by atoms with van der Waals surface area (Å²) in [5.74, 6) is -1.24. The first-order valence-corrected chi connectivity index (χ1v) is 6.06. The fraction of sp³-hybridized carbons (Fsp3) is 0.231. The van der Waals surface area contributed by atoms with Crippen LogP contribution in [0.2, 0.25) is 5.02 Å². The van der Waals surface area contributed by atoms with Gasteiger partial charge in [-0.2, -0.15) is 0 Å². The molecule has 0 saturated heterocycles. The minimum atomic E-state index is -1.25. The van der Waals surface area contributed by atoms with Crippen molar-refractivity contribution in [2.24, 2.45) is 0 Å². The highest BCUT2D eigenvalue weighted by molar-refractivity contribution is 6.30. The number of methoxy groups -OCH3 is 1. The zero-order chi connectivity index (χ0) is 14.7. The molecule has 7 heteroatoms. The van der Waals surface area contributed by atoms with Gasteiger partial charge in [0, 0.05) is 18.1 Å². The Kier molecular flexibility index (Phi) is 4.46. The molecule has 0 radical (unpaired) electrons. The van der Waals surface area contributed by atoms with Crippen molar-refractivity contribution in [3.63, 3.8) is 0 Å². The quantitative estimate of drug-likeness (QED) is 0.882. The number of aliphatic hydroxyl groups is 1. The maximum absolute atomic E-state index is 13.7. The summed E-state index contributed by atoms with van der Waals surface area (Å²) in [6, 6.07) is 3.21. The van der Waals surface area contributed by atoms with Crippen LogP contribution in [0.3, 0.4) is 0 Å². The lowest BCUT2D eigenvalue weighted by molar-refractivity contribution is 0.171. The normalized spacial score (nSPS) is 12.2. The third kappa shape index (κ3) is 3.20. The van der Waals surface area contributed by atoms with E-state index in [1.54, 1.807) is 0 Å². The molecular formula is C13H11ClF2N2O2. The lowest BCUT2D eigenvalue weighted by Crippen LogP contribution is -2.07. The van der Waals surface area contributed by atoms with Crippen LogP contribution in [0.25, 0.3) is 0 Å². The third-order valence-corrected chi connectivity index (χ3v) is 3.00. The number of hydrogen-bond acceptors (Lipinski definition) is 4. The highest BCUT2D eigenvalue weighted by atomic mass is 35.5. The number of rotatable bonds is 4. The summed E-state index contributed by atoms with van der Waals surface area (Å²) in [7, 11) is 1.44. The van der Waals surface area contributed by atoms with Gasteiger partial charge in [-0.25, -0.2) is 18.7 Å². The monoisotopic (exact) mass is 300 g/mol. The third-order valence-electron chi connectivity index (χ3n) is 2.71. The first-order chi connectivity index (χ1) is 9.51. The zero-order valence-corrected chi connectivity index (χ0v) is 11.2. The van der Waals surface area contributed by atoms with Crippen molar-refractivity contribution < 1.29 is 18.6 Å². The fourth-order valence-corrected chi connectivity index (χ4v) is 1.85. The van der Waals surface area contributed by atoms with E-state index in [0.717, 1.165) is 12.1 Å². The van der Waals surface area contributed by atoms with Gasteiger partial charge in [0.15, 0.2) is 0 Å². The van der Waals surface area contributed by atoms with Crippen LogP contribution < -0.4 is 4.74 Å². The Bertz CT molecular complexity index is 625. The maximum atomic E-state index is 13.7. The molecule has 2 rings (SSSR count). The highest BCUT2D eigenvalue weighted by Crippen LogP contribution is 2.26. The molecule has 20 heavy (non-hydrogen) atoms. The molecule has 0 bridgehead atoms. The van der Waals surface area contributed by atoms with Gasteiger partial charge in [-0.05, 0) is 12.1 Å². The molecule has 106 valence electrons. The van der Waals surface area contributed by atoms with E-state index in [9.17, 15) is 13.9 Å². The number of nitrogens with zero attached hydrogens (tertiary/aromatic N) is 2. The average Bonchev–Trinajstić information content (AvgIpc) is 2.43. The van der Waals surface area contributed by atoms with Crippen molar-refractivity contribution in [1.29, 1.82) is 0 Å². The average molecular weight is 301 g/mol. The summed E-state index contributed by atoms with van der Waals surface area (Å²) in [6.45, 7) is 0. The van der Waals surface area contributed by atoms with Crippen LogP contribution in [0, 0.1) is 11.6 Å². The summed E-state index contributed by atoms with van der Waals surface area (Å²) >= 11 is 5.46. The van der Waals surface area contributed by atoms with E-state index in [0.29, 0.717) is 11.6 Å². The van der Waals surface area contributed by atoms with E-state index in [-0.39, 0.29) is 17.0 Å². The summed E-state index contributed by atoms with van der Waals surface area (Å²) in [5, 5.41) is 9.65. The fourth-order valence-electron chi connectivity index (χ4n) is 1.70. The zero-order valence-electron chi connectivity index (χ0n) is 10.5. The number of aromatic nitrogens is 2. The van der Waals surface area contributed by atoms with Crippen molar-refractivity contribution in [2.45, 2.75) is 12.5 Å². The second-order valence-electron chi connectivity index (χ2n) is 4.06. The van der Waals surface area contributed by atoms with Gasteiger partial charge in [-0.1, -0.05) is 11.6 Å². The molecule has 1 heterocycles. The van der Waals surface area contributed by atoms with Gasteiger partial charge in [-0.3, -0.25) is 0 Å². The van der Waals surface area contributed by atoms with Crippen molar-refractivity contribution in [3.8, 4) is 5.88 Å². The molecule has 0 fully saturated rings. The van der Waals surface area contributed by atoms with E-state index in [4.69, 9.17) is 16.3 Å². The smallest absolute Gasteiger partial charge is 0.216 e. The van der Waals surface area contributed by atoms with Crippen LogP contribution in [0.5, 0.6) is 5.88 Å². The van der Waals surface area contributed by atoms with Gasteiger partial charge in [0.25, 0.3) is 0 Å². The molecule has 0 aliphatic carbocycles. The second-order valence-corrected chi connectivity index (χ2v) is 4.47. The molecule has 1 unspecified atom stereocenters. The van der Waals surface area contributed by atoms with Crippen LogP contribution in [-0.4, -0.2) is 22.2 Å². The Morgan fingerprint density at radius 3 is 2.70 bits per heavy atom. The number of halogens is 3. The molecule has 1 aromatic heterocycles. The first-order valence-electron chi connectivity index (χ1n) is 5.68. The Morgan fingerprint density at radius 2 is 2.00 bits per heavy atom. The van der Waals surface area contributed by atoms with E-state index in [1.807, 2.05) is 0 Å². The molecule has 1 N–H and O–H groups in total. The van der Waals surface area contributed by atoms with Gasteiger partial charge >= 0.3 is 0 Å². The van der Waals surface area contributed by atoms with Crippen molar-refractivity contribution in [3.05, 3.63) is 52.4 Å². The molecular weight excluding hydrogens is 290 g/mol. The SMILES string of the molecule is COc1cc(CC(O)c2cc(F)c(Cl)cc2F)ncn1. The lowest BCUT2D eigenvalue weighted by Gasteiger charge is -2.12. The molecule has 4 nitrogen and oxygen atoms in total. The highest BCUT2D eigenvalue weighted by Gasteiger charge is 2.17. The minimum absolute atomic E-state index is 0.00310. The van der Waals surface area contributed by atoms with Gasteiger partial charge < -0.3 is 9.84 Å². The lowest BCUT2D eigenvalue weighted by atomic mass is 10.0. The summed E-state index contributed by atoms with van der Waals surface area (Å²) in [6.07, 6.45) is 0.0117. The molecule has 1 aromatic carbocycles. The van der Waals surface area contributed by atoms with Gasteiger partial charge in [0.2, 0.25) is 5.88 Å². The summed E-state index contributed by atoms with van der Waals surface area (Å²) in [5.41, 5.74) is 0.267. The van der Waals surface area contributed by atoms with Gasteiger partial charge in [-0.15, -0.1) is 0 Å². The standard InChI is InChI=1S/C13H11ClF2N2O2/c1-20-13-3-7(17-6-18-13)2-12(19)8-4-11(16)9(14)5-10(8)15/h3-6,12,19H,2H2,1H3. The van der Waals surface area contributed by atoms with Crippen molar-refractivity contribution >= 4 is 11.6 Å². The number of aliphatic hydroxyl groups excluding tert-OH is 1. The van der Waals surface area contributed by atoms with Crippen LogP contribution in [0.4, 0.5) is 8.78 Å². The van der Waals surface area contributed by atoms with Gasteiger partial charge in [0.05, 0.1) is 23.9 Å². The molecule has 0 aliphatic rings. The second kappa shape index (κ2) is 6.11. The largest absolute Gasteiger partial charge is 0.481 e. The van der Waals surface area contributed by atoms with E-state index in [2.05, 4.69) is 9.97 Å².